The molecule has 2 nitrogen and oxygen atoms in total. The van der Waals surface area contributed by atoms with E-state index < -0.39 is 0 Å². The van der Waals surface area contributed by atoms with Crippen molar-refractivity contribution in [2.24, 2.45) is 0 Å². The fourth-order valence-corrected chi connectivity index (χ4v) is 3.18. The van der Waals surface area contributed by atoms with E-state index in [-0.39, 0.29) is 0 Å². The van der Waals surface area contributed by atoms with Gasteiger partial charge in [0.2, 0.25) is 0 Å². The van der Waals surface area contributed by atoms with Gasteiger partial charge in [-0.2, -0.15) is 0 Å². The molecule has 78 valence electrons. The first-order valence-corrected chi connectivity index (χ1v) is 6.09. The number of nitrogens with zero attached hydrogens (tertiary/aromatic N) is 1. The Kier molecular flexibility index (Phi) is 2.62. The fourth-order valence-electron chi connectivity index (χ4n) is 2.06. The zero-order valence-corrected chi connectivity index (χ0v) is 10.0. The number of rotatable bonds is 2. The summed E-state index contributed by atoms with van der Waals surface area (Å²) in [7, 11) is 0. The summed E-state index contributed by atoms with van der Waals surface area (Å²) in [6, 6.07) is 0. The van der Waals surface area contributed by atoms with Crippen molar-refractivity contribution in [3.8, 4) is 0 Å². The van der Waals surface area contributed by atoms with Gasteiger partial charge >= 0.3 is 0 Å². The summed E-state index contributed by atoms with van der Waals surface area (Å²) in [4.78, 5) is 5.96. The second-order valence-corrected chi connectivity index (χ2v) is 5.80. The number of hydrogen-bond donors (Lipinski definition) is 1. The normalized spacial score (nSPS) is 27.1. The summed E-state index contributed by atoms with van der Waals surface area (Å²) in [5.41, 5.74) is 1.50. The monoisotopic (exact) mass is 210 g/mol. The van der Waals surface area contributed by atoms with Crippen LogP contribution in [-0.2, 0) is 6.42 Å². The number of aromatic nitrogens is 1. The molecule has 0 bridgehead atoms. The minimum atomic E-state index is 0.302. The quantitative estimate of drug-likeness (QED) is 0.811. The van der Waals surface area contributed by atoms with Crippen LogP contribution in [0.4, 0.5) is 0 Å². The van der Waals surface area contributed by atoms with Crippen molar-refractivity contribution in [3.05, 3.63) is 15.6 Å². The second-order valence-electron chi connectivity index (χ2n) is 4.52. The van der Waals surface area contributed by atoms with Crippen LogP contribution >= 0.6 is 11.3 Å². The molecule has 14 heavy (non-hydrogen) atoms. The molecule has 1 N–H and O–H groups in total. The van der Waals surface area contributed by atoms with Gasteiger partial charge in [-0.25, -0.2) is 4.98 Å². The smallest absolute Gasteiger partial charge is 0.0949 e. The van der Waals surface area contributed by atoms with E-state index in [9.17, 15) is 0 Å². The highest BCUT2D eigenvalue weighted by Crippen LogP contribution is 2.26. The molecular formula is C11H18N2S. The van der Waals surface area contributed by atoms with Gasteiger partial charge < -0.3 is 5.32 Å². The summed E-state index contributed by atoms with van der Waals surface area (Å²) in [5.74, 6) is 0. The molecule has 0 aromatic carbocycles. The number of nitrogens with one attached hydrogen (secondary N) is 1. The molecule has 1 aromatic heterocycles. The third kappa shape index (κ3) is 1.98. The van der Waals surface area contributed by atoms with Crippen LogP contribution in [0.3, 0.4) is 0 Å². The van der Waals surface area contributed by atoms with Gasteiger partial charge in [0, 0.05) is 16.8 Å². The molecule has 1 saturated heterocycles. The molecule has 1 fully saturated rings. The SMILES string of the molecule is Cc1nc(CC2(C)CCCN2)sc1C. The third-order valence-electron chi connectivity index (χ3n) is 3.07. The highest BCUT2D eigenvalue weighted by atomic mass is 32.1. The van der Waals surface area contributed by atoms with Gasteiger partial charge in [0.1, 0.15) is 0 Å². The van der Waals surface area contributed by atoms with Crippen LogP contribution in [0.25, 0.3) is 0 Å². The molecule has 1 aliphatic rings. The second kappa shape index (κ2) is 3.63. The highest BCUT2D eigenvalue weighted by Gasteiger charge is 2.29. The number of thiazole rings is 1. The maximum absolute atomic E-state index is 4.60. The van der Waals surface area contributed by atoms with E-state index >= 15 is 0 Å². The Morgan fingerprint density at radius 3 is 2.79 bits per heavy atom. The van der Waals surface area contributed by atoms with E-state index in [4.69, 9.17) is 0 Å². The zero-order valence-electron chi connectivity index (χ0n) is 9.18. The number of hydrogen-bond acceptors (Lipinski definition) is 3. The first kappa shape index (κ1) is 10.1. The van der Waals surface area contributed by atoms with Crippen molar-refractivity contribution in [3.63, 3.8) is 0 Å². The van der Waals surface area contributed by atoms with Crippen LogP contribution in [0, 0.1) is 13.8 Å². The molecule has 0 saturated carbocycles. The lowest BCUT2D eigenvalue weighted by Gasteiger charge is -2.22. The van der Waals surface area contributed by atoms with Crippen molar-refractivity contribution < 1.29 is 0 Å². The van der Waals surface area contributed by atoms with Gasteiger partial charge in [-0.1, -0.05) is 0 Å². The molecule has 0 amide bonds. The van der Waals surface area contributed by atoms with Crippen molar-refractivity contribution >= 4 is 11.3 Å². The molecule has 1 aliphatic heterocycles. The predicted octanol–water partition coefficient (Wildman–Crippen LogP) is 2.44. The molecule has 1 unspecified atom stereocenters. The van der Waals surface area contributed by atoms with Crippen molar-refractivity contribution in [1.82, 2.24) is 10.3 Å². The molecule has 2 heterocycles. The van der Waals surface area contributed by atoms with Gasteiger partial charge in [0.25, 0.3) is 0 Å². The largest absolute Gasteiger partial charge is 0.311 e. The predicted molar refractivity (Wildman–Crippen MR) is 60.9 cm³/mol. The van der Waals surface area contributed by atoms with Crippen molar-refractivity contribution in [2.45, 2.75) is 45.6 Å². The minimum absolute atomic E-state index is 0.302. The molecule has 0 spiro atoms. The Morgan fingerprint density at radius 2 is 2.29 bits per heavy atom. The molecule has 1 aromatic rings. The van der Waals surface area contributed by atoms with E-state index in [1.165, 1.54) is 35.0 Å². The van der Waals surface area contributed by atoms with Gasteiger partial charge in [-0.05, 0) is 40.2 Å². The fraction of sp³-hybridized carbons (Fsp3) is 0.727. The molecule has 2 rings (SSSR count). The lowest BCUT2D eigenvalue weighted by atomic mass is 9.96. The summed E-state index contributed by atoms with van der Waals surface area (Å²) < 4.78 is 0. The van der Waals surface area contributed by atoms with E-state index in [2.05, 4.69) is 31.1 Å². The van der Waals surface area contributed by atoms with Crippen molar-refractivity contribution in [1.29, 1.82) is 0 Å². The summed E-state index contributed by atoms with van der Waals surface area (Å²) >= 11 is 1.85. The summed E-state index contributed by atoms with van der Waals surface area (Å²) in [5, 5.41) is 4.87. The van der Waals surface area contributed by atoms with E-state index in [0.29, 0.717) is 5.54 Å². The van der Waals surface area contributed by atoms with Crippen LogP contribution in [0.15, 0.2) is 0 Å². The van der Waals surface area contributed by atoms with Crippen LogP contribution in [-0.4, -0.2) is 17.1 Å². The Morgan fingerprint density at radius 1 is 1.50 bits per heavy atom. The van der Waals surface area contributed by atoms with Crippen LogP contribution in [0.2, 0.25) is 0 Å². The van der Waals surface area contributed by atoms with Gasteiger partial charge in [0.05, 0.1) is 10.7 Å². The van der Waals surface area contributed by atoms with Crippen LogP contribution in [0.1, 0.15) is 35.3 Å². The highest BCUT2D eigenvalue weighted by molar-refractivity contribution is 7.11. The van der Waals surface area contributed by atoms with Gasteiger partial charge in [-0.3, -0.25) is 0 Å². The maximum Gasteiger partial charge on any atom is 0.0949 e. The number of aryl methyl sites for hydroxylation is 2. The van der Waals surface area contributed by atoms with Crippen LogP contribution < -0.4 is 5.32 Å². The molecule has 0 aliphatic carbocycles. The van der Waals surface area contributed by atoms with Crippen LogP contribution in [0.5, 0.6) is 0 Å². The van der Waals surface area contributed by atoms with E-state index in [0.717, 1.165) is 6.42 Å². The standard InChI is InChI=1S/C11H18N2S/c1-8-9(2)14-10(13-8)7-11(3)5-4-6-12-11/h12H,4-7H2,1-3H3. The maximum atomic E-state index is 4.60. The summed E-state index contributed by atoms with van der Waals surface area (Å²) in [6.45, 7) is 7.73. The molecule has 1 atom stereocenters. The first-order chi connectivity index (χ1) is 6.59. The average Bonchev–Trinajstić information content (AvgIpc) is 2.62. The van der Waals surface area contributed by atoms with Gasteiger partial charge in [-0.15, -0.1) is 11.3 Å². The Labute approximate surface area is 89.8 Å². The lowest BCUT2D eigenvalue weighted by Crippen LogP contribution is -2.38. The first-order valence-electron chi connectivity index (χ1n) is 5.27. The van der Waals surface area contributed by atoms with E-state index in [1.807, 2.05) is 11.3 Å². The topological polar surface area (TPSA) is 24.9 Å². The molecular weight excluding hydrogens is 192 g/mol. The Hall–Kier alpha value is -0.410. The minimum Gasteiger partial charge on any atom is -0.311 e. The average molecular weight is 210 g/mol. The van der Waals surface area contributed by atoms with Crippen molar-refractivity contribution in [2.75, 3.05) is 6.54 Å². The Balaban J connectivity index is 2.10. The molecule has 3 heteroatoms. The third-order valence-corrected chi connectivity index (χ3v) is 4.14. The summed E-state index contributed by atoms with van der Waals surface area (Å²) in [6.07, 6.45) is 3.68. The Bertz CT molecular complexity index is 305. The zero-order chi connectivity index (χ0) is 10.2. The lowest BCUT2D eigenvalue weighted by molar-refractivity contribution is 0.412. The van der Waals surface area contributed by atoms with E-state index in [1.54, 1.807) is 0 Å². The van der Waals surface area contributed by atoms with Gasteiger partial charge in [0.15, 0.2) is 0 Å². The molecule has 0 radical (unpaired) electrons.